The van der Waals surface area contributed by atoms with E-state index < -0.39 is 22.7 Å². The van der Waals surface area contributed by atoms with Gasteiger partial charge in [-0.15, -0.1) is 12.4 Å². The molecular formula is C7H5ClF5NO. The van der Waals surface area contributed by atoms with Crippen molar-refractivity contribution in [2.45, 2.75) is 6.05 Å². The summed E-state index contributed by atoms with van der Waals surface area (Å²) in [6.07, 6.45) is 0. The zero-order chi connectivity index (χ0) is 10.8. The first kappa shape index (κ1) is 14.1. The SMILES string of the molecule is Cl.FON(F)C(F)(F)c1ccccc1F. The topological polar surface area (TPSA) is 12.5 Å². The molecule has 0 aliphatic rings. The molecule has 0 bridgehead atoms. The first-order chi connectivity index (χ1) is 6.50. The summed E-state index contributed by atoms with van der Waals surface area (Å²) in [5.74, 6) is -1.36. The van der Waals surface area contributed by atoms with Crippen molar-refractivity contribution in [3.8, 4) is 0 Å². The van der Waals surface area contributed by atoms with Gasteiger partial charge < -0.3 is 0 Å². The summed E-state index contributed by atoms with van der Waals surface area (Å²) < 4.78 is 61.5. The largest absolute Gasteiger partial charge is 0.385 e. The molecule has 1 aromatic rings. The molecule has 1 aromatic carbocycles. The third kappa shape index (κ3) is 2.77. The highest BCUT2D eigenvalue weighted by atomic mass is 35.5. The van der Waals surface area contributed by atoms with Crippen LogP contribution in [0, 0.1) is 5.82 Å². The van der Waals surface area contributed by atoms with Crippen molar-refractivity contribution in [2.75, 3.05) is 0 Å². The summed E-state index contributed by atoms with van der Waals surface area (Å²) in [6.45, 7) is 0. The molecule has 8 heteroatoms. The van der Waals surface area contributed by atoms with E-state index >= 15 is 0 Å². The van der Waals surface area contributed by atoms with E-state index in [-0.39, 0.29) is 12.4 Å². The van der Waals surface area contributed by atoms with E-state index in [0.717, 1.165) is 12.1 Å². The molecule has 0 N–H and O–H groups in total. The van der Waals surface area contributed by atoms with Crippen molar-refractivity contribution < 1.29 is 27.2 Å². The van der Waals surface area contributed by atoms with Crippen molar-refractivity contribution in [1.29, 1.82) is 0 Å². The highest BCUT2D eigenvalue weighted by Gasteiger charge is 2.44. The van der Waals surface area contributed by atoms with Crippen LogP contribution in [0.2, 0.25) is 0 Å². The summed E-state index contributed by atoms with van der Waals surface area (Å²) in [4.78, 5) is 0. The molecule has 0 aromatic heterocycles. The zero-order valence-corrected chi connectivity index (χ0v) is 7.78. The Labute approximate surface area is 87.4 Å². The van der Waals surface area contributed by atoms with Crippen LogP contribution in [0.4, 0.5) is 22.2 Å². The number of rotatable bonds is 3. The van der Waals surface area contributed by atoms with Crippen LogP contribution in [0.15, 0.2) is 24.3 Å². The minimum absolute atomic E-state index is 0. The van der Waals surface area contributed by atoms with Gasteiger partial charge >= 0.3 is 6.05 Å². The van der Waals surface area contributed by atoms with E-state index in [9.17, 15) is 22.2 Å². The van der Waals surface area contributed by atoms with E-state index in [1.54, 1.807) is 0 Å². The fourth-order valence-electron chi connectivity index (χ4n) is 0.843. The van der Waals surface area contributed by atoms with Crippen molar-refractivity contribution in [1.82, 2.24) is 5.29 Å². The summed E-state index contributed by atoms with van der Waals surface area (Å²) >= 11 is 0. The van der Waals surface area contributed by atoms with Crippen LogP contribution in [0.25, 0.3) is 0 Å². The van der Waals surface area contributed by atoms with Gasteiger partial charge in [-0.05, 0) is 16.7 Å². The number of alkyl halides is 2. The molecule has 1 rings (SSSR count). The van der Waals surface area contributed by atoms with Crippen LogP contribution >= 0.6 is 12.4 Å². The van der Waals surface area contributed by atoms with Crippen molar-refractivity contribution in [3.05, 3.63) is 35.6 Å². The van der Waals surface area contributed by atoms with Crippen LogP contribution in [0.1, 0.15) is 5.56 Å². The van der Waals surface area contributed by atoms with Crippen molar-refractivity contribution in [2.24, 2.45) is 0 Å². The Bertz CT molecular complexity index is 324. The lowest BCUT2D eigenvalue weighted by atomic mass is 10.2. The number of nitrogens with zero attached hydrogens (tertiary/aromatic N) is 1. The van der Waals surface area contributed by atoms with Crippen LogP contribution in [-0.4, -0.2) is 5.29 Å². The number of hydroxylamine groups is 1. The highest BCUT2D eigenvalue weighted by molar-refractivity contribution is 5.85. The standard InChI is InChI=1S/C7H4F5NO.ClH/c8-6-4-2-1-3-5(6)7(9,10)13(11)14-12;/h1-4H;1H. The molecule has 0 fully saturated rings. The first-order valence-electron chi connectivity index (χ1n) is 3.37. The van der Waals surface area contributed by atoms with Gasteiger partial charge in [-0.25, -0.2) is 4.39 Å². The highest BCUT2D eigenvalue weighted by Crippen LogP contribution is 2.34. The van der Waals surface area contributed by atoms with E-state index in [1.165, 1.54) is 0 Å². The maximum Gasteiger partial charge on any atom is 0.385 e. The second-order valence-corrected chi connectivity index (χ2v) is 2.33. The number of halogens is 6. The Hall–Kier alpha value is -0.920. The summed E-state index contributed by atoms with van der Waals surface area (Å²) in [6, 6.07) is -1.03. The predicted molar refractivity (Wildman–Crippen MR) is 42.7 cm³/mol. The third-order valence-corrected chi connectivity index (χ3v) is 1.48. The Morgan fingerprint density at radius 2 is 1.73 bits per heavy atom. The molecule has 86 valence electrons. The minimum Gasteiger partial charge on any atom is -0.206 e. The molecule has 2 nitrogen and oxygen atoms in total. The van der Waals surface area contributed by atoms with Gasteiger partial charge in [0.05, 0.1) is 10.8 Å². The Balaban J connectivity index is 0.00000196. The molecule has 0 heterocycles. The van der Waals surface area contributed by atoms with E-state index in [4.69, 9.17) is 0 Å². The smallest absolute Gasteiger partial charge is 0.206 e. The average Bonchev–Trinajstić information content (AvgIpc) is 2.17. The van der Waals surface area contributed by atoms with E-state index in [1.807, 2.05) is 0 Å². The van der Waals surface area contributed by atoms with Crippen LogP contribution in [-0.2, 0) is 11.1 Å². The Kier molecular flexibility index (Phi) is 4.92. The molecule has 0 amide bonds. The molecule has 0 saturated heterocycles. The quantitative estimate of drug-likeness (QED) is 0.353. The lowest BCUT2D eigenvalue weighted by molar-refractivity contribution is -0.489. The van der Waals surface area contributed by atoms with Gasteiger partial charge in [-0.1, -0.05) is 21.7 Å². The van der Waals surface area contributed by atoms with Crippen LogP contribution < -0.4 is 0 Å². The molecular weight excluding hydrogens is 245 g/mol. The summed E-state index contributed by atoms with van der Waals surface area (Å²) in [5.41, 5.74) is -1.32. The predicted octanol–water partition coefficient (Wildman–Crippen LogP) is 3.30. The van der Waals surface area contributed by atoms with E-state index in [2.05, 4.69) is 5.04 Å². The molecule has 0 unspecified atom stereocenters. The monoisotopic (exact) mass is 249 g/mol. The molecule has 0 aliphatic carbocycles. The number of hydrogen-bond acceptors (Lipinski definition) is 2. The van der Waals surface area contributed by atoms with Gasteiger partial charge in [0.15, 0.2) is 0 Å². The number of hydrogen-bond donors (Lipinski definition) is 0. The maximum atomic E-state index is 12.8. The second kappa shape index (κ2) is 5.24. The Morgan fingerprint density at radius 1 is 1.20 bits per heavy atom. The summed E-state index contributed by atoms with van der Waals surface area (Å²) in [5, 5.41) is 0.305. The van der Waals surface area contributed by atoms with Gasteiger partial charge in [-0.2, -0.15) is 8.78 Å². The second-order valence-electron chi connectivity index (χ2n) is 2.33. The first-order valence-corrected chi connectivity index (χ1v) is 3.37. The molecule has 0 aliphatic heterocycles. The van der Waals surface area contributed by atoms with Gasteiger partial charge in [0.2, 0.25) is 0 Å². The average molecular weight is 250 g/mol. The van der Waals surface area contributed by atoms with Crippen molar-refractivity contribution >= 4 is 12.4 Å². The van der Waals surface area contributed by atoms with Gasteiger partial charge in [0.25, 0.3) is 0 Å². The van der Waals surface area contributed by atoms with Crippen LogP contribution in [0.5, 0.6) is 0 Å². The zero-order valence-electron chi connectivity index (χ0n) is 6.96. The fourth-order valence-corrected chi connectivity index (χ4v) is 0.843. The lowest BCUT2D eigenvalue weighted by Crippen LogP contribution is -2.31. The third-order valence-electron chi connectivity index (χ3n) is 1.48. The maximum absolute atomic E-state index is 12.8. The fraction of sp³-hybridized carbons (Fsp3) is 0.143. The van der Waals surface area contributed by atoms with Gasteiger partial charge in [-0.3, -0.25) is 0 Å². The summed E-state index contributed by atoms with van der Waals surface area (Å²) in [7, 11) is 0. The Morgan fingerprint density at radius 3 is 2.20 bits per heavy atom. The molecule has 0 saturated carbocycles. The molecule has 0 radical (unpaired) electrons. The lowest BCUT2D eigenvalue weighted by Gasteiger charge is -2.18. The molecule has 15 heavy (non-hydrogen) atoms. The molecule has 0 spiro atoms. The van der Waals surface area contributed by atoms with Crippen molar-refractivity contribution in [3.63, 3.8) is 0 Å². The number of benzene rings is 1. The minimum atomic E-state index is -4.51. The van der Waals surface area contributed by atoms with E-state index in [0.29, 0.717) is 12.1 Å². The van der Waals surface area contributed by atoms with Crippen LogP contribution in [0.3, 0.4) is 0 Å². The molecule has 0 atom stereocenters. The van der Waals surface area contributed by atoms with Gasteiger partial charge in [0.1, 0.15) is 5.82 Å². The normalized spacial score (nSPS) is 11.3. The van der Waals surface area contributed by atoms with Gasteiger partial charge in [0, 0.05) is 0 Å².